The van der Waals surface area contributed by atoms with Gasteiger partial charge in [-0.1, -0.05) is 12.1 Å². The molecule has 0 fully saturated rings. The van der Waals surface area contributed by atoms with Crippen LogP contribution in [0.5, 0.6) is 5.75 Å². The fourth-order valence-electron chi connectivity index (χ4n) is 3.14. The van der Waals surface area contributed by atoms with Crippen molar-refractivity contribution in [3.8, 4) is 23.1 Å². The molecule has 0 radical (unpaired) electrons. The van der Waals surface area contributed by atoms with E-state index in [1.165, 1.54) is 11.5 Å². The Labute approximate surface area is 155 Å². The summed E-state index contributed by atoms with van der Waals surface area (Å²) < 4.78 is 9.80. The summed E-state index contributed by atoms with van der Waals surface area (Å²) in [7, 11) is 1.63. The van der Waals surface area contributed by atoms with E-state index in [4.69, 9.17) is 10.00 Å². The molecule has 1 atom stereocenters. The lowest BCUT2D eigenvalue weighted by Gasteiger charge is -2.23. The number of amides is 1. The van der Waals surface area contributed by atoms with Gasteiger partial charge in [0.25, 0.3) is 0 Å². The Morgan fingerprint density at radius 3 is 2.58 bits per heavy atom. The number of anilines is 1. The van der Waals surface area contributed by atoms with Crippen LogP contribution in [-0.2, 0) is 4.79 Å². The molecular weight excluding hydrogens is 346 g/mol. The maximum atomic E-state index is 12.3. The molecule has 2 heterocycles. The second-order valence-electron chi connectivity index (χ2n) is 6.04. The van der Waals surface area contributed by atoms with Gasteiger partial charge in [-0.25, -0.2) is 0 Å². The van der Waals surface area contributed by atoms with E-state index in [-0.39, 0.29) is 11.8 Å². The number of nitriles is 1. The van der Waals surface area contributed by atoms with Crippen LogP contribution in [0.1, 0.15) is 28.3 Å². The number of aromatic nitrogens is 1. The van der Waals surface area contributed by atoms with E-state index in [0.29, 0.717) is 12.0 Å². The summed E-state index contributed by atoms with van der Waals surface area (Å²) in [6.45, 7) is 0. The average molecular weight is 361 g/mol. The largest absolute Gasteiger partial charge is 0.497 e. The first-order chi connectivity index (χ1) is 12.7. The van der Waals surface area contributed by atoms with E-state index in [1.54, 1.807) is 19.2 Å². The molecule has 4 rings (SSSR count). The summed E-state index contributed by atoms with van der Waals surface area (Å²) in [4.78, 5) is 13.3. The molecule has 1 amide bonds. The fraction of sp³-hybridized carbons (Fsp3) is 0.150. The summed E-state index contributed by atoms with van der Waals surface area (Å²) in [6.07, 6.45) is 0.378. The van der Waals surface area contributed by atoms with Crippen molar-refractivity contribution in [2.75, 3.05) is 12.4 Å². The van der Waals surface area contributed by atoms with Gasteiger partial charge in [0.15, 0.2) is 0 Å². The number of carbonyl (C=O) groups excluding carboxylic acids is 1. The molecule has 128 valence electrons. The van der Waals surface area contributed by atoms with Gasteiger partial charge in [-0.2, -0.15) is 9.64 Å². The summed E-state index contributed by atoms with van der Waals surface area (Å²) in [5.41, 5.74) is 4.12. The molecule has 1 aliphatic heterocycles. The van der Waals surface area contributed by atoms with Crippen LogP contribution in [-0.4, -0.2) is 17.4 Å². The minimum atomic E-state index is -0.0454. The number of ether oxygens (including phenoxy) is 1. The predicted octanol–water partition coefficient (Wildman–Crippen LogP) is 4.16. The van der Waals surface area contributed by atoms with Crippen molar-refractivity contribution in [2.24, 2.45) is 0 Å². The van der Waals surface area contributed by atoms with Crippen LogP contribution in [0, 0.1) is 11.3 Å². The molecule has 1 aromatic heterocycles. The van der Waals surface area contributed by atoms with E-state index < -0.39 is 0 Å². The normalized spacial score (nSPS) is 15.7. The van der Waals surface area contributed by atoms with Crippen LogP contribution in [0.4, 0.5) is 5.69 Å². The van der Waals surface area contributed by atoms with Gasteiger partial charge in [-0.15, -0.1) is 0 Å². The van der Waals surface area contributed by atoms with Crippen LogP contribution < -0.4 is 10.1 Å². The summed E-state index contributed by atoms with van der Waals surface area (Å²) >= 11 is 1.41. The van der Waals surface area contributed by atoms with Gasteiger partial charge >= 0.3 is 0 Å². The molecule has 0 spiro atoms. The molecule has 3 aromatic rings. The fourth-order valence-corrected chi connectivity index (χ4v) is 4.11. The summed E-state index contributed by atoms with van der Waals surface area (Å²) in [5.74, 6) is 0.704. The average Bonchev–Trinajstić information content (AvgIpc) is 3.11. The van der Waals surface area contributed by atoms with Gasteiger partial charge in [-0.05, 0) is 53.5 Å². The number of hydrogen-bond acceptors (Lipinski definition) is 5. The first-order valence-electron chi connectivity index (χ1n) is 8.13. The van der Waals surface area contributed by atoms with E-state index in [2.05, 4.69) is 15.8 Å². The number of nitrogens with zero attached hydrogens (tertiary/aromatic N) is 2. The first-order valence-corrected chi connectivity index (χ1v) is 8.91. The maximum Gasteiger partial charge on any atom is 0.225 e. The smallest absolute Gasteiger partial charge is 0.225 e. The Morgan fingerprint density at radius 1 is 1.19 bits per heavy atom. The Hall–Kier alpha value is -3.17. The Kier molecular flexibility index (Phi) is 4.15. The van der Waals surface area contributed by atoms with Gasteiger partial charge < -0.3 is 10.1 Å². The second-order valence-corrected chi connectivity index (χ2v) is 6.84. The molecule has 26 heavy (non-hydrogen) atoms. The minimum Gasteiger partial charge on any atom is -0.497 e. The minimum absolute atomic E-state index is 0.0261. The van der Waals surface area contributed by atoms with E-state index >= 15 is 0 Å². The third-order valence-corrected chi connectivity index (χ3v) is 5.45. The molecule has 1 aliphatic rings. The van der Waals surface area contributed by atoms with Crippen LogP contribution >= 0.6 is 11.5 Å². The van der Waals surface area contributed by atoms with Crippen LogP contribution in [0.2, 0.25) is 0 Å². The second kappa shape index (κ2) is 6.62. The highest BCUT2D eigenvalue weighted by molar-refractivity contribution is 7.07. The molecule has 1 N–H and O–H groups in total. The van der Waals surface area contributed by atoms with Crippen molar-refractivity contribution < 1.29 is 9.53 Å². The highest BCUT2D eigenvalue weighted by Gasteiger charge is 2.31. The lowest BCUT2D eigenvalue weighted by atomic mass is 9.89. The van der Waals surface area contributed by atoms with E-state index in [0.717, 1.165) is 33.1 Å². The van der Waals surface area contributed by atoms with Gasteiger partial charge in [0, 0.05) is 17.9 Å². The maximum absolute atomic E-state index is 12.3. The Bertz CT molecular complexity index is 1000. The zero-order valence-electron chi connectivity index (χ0n) is 14.0. The van der Waals surface area contributed by atoms with Gasteiger partial charge in [0.05, 0.1) is 29.3 Å². The zero-order chi connectivity index (χ0) is 18.1. The lowest BCUT2D eigenvalue weighted by molar-refractivity contribution is -0.116. The number of fused-ring (bicyclic) bond motifs is 1. The Balaban J connectivity index is 1.75. The van der Waals surface area contributed by atoms with Crippen molar-refractivity contribution in [1.82, 2.24) is 4.37 Å². The van der Waals surface area contributed by atoms with Crippen molar-refractivity contribution in [3.63, 3.8) is 0 Å². The third-order valence-electron chi connectivity index (χ3n) is 4.49. The van der Waals surface area contributed by atoms with Crippen LogP contribution in [0.25, 0.3) is 11.3 Å². The summed E-state index contributed by atoms with van der Waals surface area (Å²) in [6, 6.07) is 17.2. The zero-order valence-corrected chi connectivity index (χ0v) is 14.8. The van der Waals surface area contributed by atoms with Gasteiger partial charge in [0.2, 0.25) is 5.91 Å². The third kappa shape index (κ3) is 2.83. The molecule has 2 aromatic carbocycles. The molecule has 0 saturated heterocycles. The monoisotopic (exact) mass is 361 g/mol. The molecule has 5 nitrogen and oxygen atoms in total. The molecule has 0 bridgehead atoms. The predicted molar refractivity (Wildman–Crippen MR) is 100 cm³/mol. The Morgan fingerprint density at radius 2 is 1.92 bits per heavy atom. The number of rotatable bonds is 3. The van der Waals surface area contributed by atoms with E-state index in [9.17, 15) is 4.79 Å². The van der Waals surface area contributed by atoms with Crippen molar-refractivity contribution in [3.05, 3.63) is 64.5 Å². The highest BCUT2D eigenvalue weighted by atomic mass is 32.1. The molecule has 0 unspecified atom stereocenters. The molecular formula is C20H15N3O2S. The van der Waals surface area contributed by atoms with E-state index in [1.807, 2.05) is 36.4 Å². The number of nitrogens with one attached hydrogen (secondary N) is 1. The van der Waals surface area contributed by atoms with Crippen molar-refractivity contribution in [1.29, 1.82) is 5.26 Å². The lowest BCUT2D eigenvalue weighted by Crippen LogP contribution is -2.22. The topological polar surface area (TPSA) is 75.0 Å². The molecule has 0 saturated carbocycles. The van der Waals surface area contributed by atoms with Crippen LogP contribution in [0.15, 0.2) is 48.5 Å². The van der Waals surface area contributed by atoms with Crippen molar-refractivity contribution in [2.45, 2.75) is 12.3 Å². The number of hydrogen-bond donors (Lipinski definition) is 1. The van der Waals surface area contributed by atoms with Crippen LogP contribution in [0.3, 0.4) is 0 Å². The van der Waals surface area contributed by atoms with Gasteiger partial charge in [-0.3, -0.25) is 4.79 Å². The number of methoxy groups -OCH3 is 1. The van der Waals surface area contributed by atoms with Gasteiger partial charge in [0.1, 0.15) is 11.4 Å². The SMILES string of the molecule is COc1ccc(-c2nsc3c2NC(=O)C[C@@H]3c2ccc(C#N)cc2)cc1. The summed E-state index contributed by atoms with van der Waals surface area (Å²) in [5, 5.41) is 12.0. The quantitative estimate of drug-likeness (QED) is 0.760. The molecule has 0 aliphatic carbocycles. The molecule has 6 heteroatoms. The number of carbonyl (C=O) groups is 1. The highest BCUT2D eigenvalue weighted by Crippen LogP contribution is 2.44. The number of benzene rings is 2. The standard InChI is InChI=1S/C20H15N3O2S/c1-25-15-8-6-14(7-9-15)18-19-20(26-23-18)16(10-17(24)22-19)13-4-2-12(11-21)3-5-13/h2-9,16H,10H2,1H3,(H,22,24)/t16-/m1/s1. The van der Waals surface area contributed by atoms with Crippen molar-refractivity contribution >= 4 is 23.1 Å². The first kappa shape index (κ1) is 16.3.